The van der Waals surface area contributed by atoms with E-state index in [2.05, 4.69) is 17.4 Å². The topological polar surface area (TPSA) is 64.6 Å². The molecule has 178 valence electrons. The van der Waals surface area contributed by atoms with Gasteiger partial charge in [0.1, 0.15) is 5.75 Å². The van der Waals surface area contributed by atoms with Crippen LogP contribution in [0.1, 0.15) is 63.5 Å². The van der Waals surface area contributed by atoms with E-state index in [1.807, 2.05) is 19.9 Å². The molecular formula is C24H32F3NO4. The monoisotopic (exact) mass is 455 g/mol. The van der Waals surface area contributed by atoms with Crippen LogP contribution in [0.15, 0.2) is 18.2 Å². The Morgan fingerprint density at radius 2 is 2.06 bits per heavy atom. The SMILES string of the molecule is CCC(C)C(=O)OCOc1ccc2c(c1)[C@]13CCCC[C@@H]1[C@H](C2)NCC3.O=CC(F)(F)F. The highest BCUT2D eigenvalue weighted by molar-refractivity contribution is 5.71. The van der Waals surface area contributed by atoms with Gasteiger partial charge in [0.15, 0.2) is 0 Å². The van der Waals surface area contributed by atoms with E-state index in [1.165, 1.54) is 43.2 Å². The molecule has 32 heavy (non-hydrogen) atoms. The summed E-state index contributed by atoms with van der Waals surface area (Å²) >= 11 is 0. The molecule has 0 radical (unpaired) electrons. The highest BCUT2D eigenvalue weighted by Crippen LogP contribution is 2.54. The minimum absolute atomic E-state index is 0.00255. The highest BCUT2D eigenvalue weighted by Gasteiger charge is 2.51. The van der Waals surface area contributed by atoms with Crippen molar-refractivity contribution in [1.82, 2.24) is 5.32 Å². The van der Waals surface area contributed by atoms with Crippen molar-refractivity contribution in [3.8, 4) is 5.75 Å². The molecule has 5 nitrogen and oxygen atoms in total. The molecular weight excluding hydrogens is 423 g/mol. The van der Waals surface area contributed by atoms with Crippen LogP contribution in [0.5, 0.6) is 5.75 Å². The molecule has 1 aromatic carbocycles. The zero-order valence-corrected chi connectivity index (χ0v) is 18.7. The molecule has 0 spiro atoms. The fraction of sp³-hybridized carbons (Fsp3) is 0.667. The summed E-state index contributed by atoms with van der Waals surface area (Å²) in [7, 11) is 0. The van der Waals surface area contributed by atoms with Gasteiger partial charge in [-0.3, -0.25) is 9.59 Å². The van der Waals surface area contributed by atoms with E-state index in [9.17, 15) is 18.0 Å². The quantitative estimate of drug-likeness (QED) is 0.396. The van der Waals surface area contributed by atoms with Crippen molar-refractivity contribution < 1.29 is 32.2 Å². The van der Waals surface area contributed by atoms with E-state index in [0.717, 1.165) is 31.1 Å². The molecule has 2 fully saturated rings. The van der Waals surface area contributed by atoms with Crippen molar-refractivity contribution >= 4 is 12.3 Å². The molecule has 2 bridgehead atoms. The van der Waals surface area contributed by atoms with Gasteiger partial charge in [-0.25, -0.2) is 0 Å². The highest BCUT2D eigenvalue weighted by atomic mass is 19.4. The van der Waals surface area contributed by atoms with Crippen LogP contribution in [0.3, 0.4) is 0 Å². The van der Waals surface area contributed by atoms with Gasteiger partial charge in [0.2, 0.25) is 13.1 Å². The molecule has 1 saturated carbocycles. The van der Waals surface area contributed by atoms with Crippen LogP contribution >= 0.6 is 0 Å². The average Bonchev–Trinajstić information content (AvgIpc) is 2.78. The predicted octanol–water partition coefficient (Wildman–Crippen LogP) is 4.71. The van der Waals surface area contributed by atoms with Crippen LogP contribution in [-0.2, 0) is 26.2 Å². The van der Waals surface area contributed by atoms with Gasteiger partial charge in [-0.1, -0.05) is 32.8 Å². The number of hydrogen-bond donors (Lipinski definition) is 1. The number of rotatable bonds is 5. The molecule has 1 N–H and O–H groups in total. The molecule has 1 heterocycles. The van der Waals surface area contributed by atoms with E-state index in [4.69, 9.17) is 14.3 Å². The fourth-order valence-electron chi connectivity index (χ4n) is 5.46. The summed E-state index contributed by atoms with van der Waals surface area (Å²) in [5.74, 6) is 1.33. The number of benzene rings is 1. The van der Waals surface area contributed by atoms with Crippen molar-refractivity contribution in [3.63, 3.8) is 0 Å². The maximum Gasteiger partial charge on any atom is 0.446 e. The summed E-state index contributed by atoms with van der Waals surface area (Å²) in [5.41, 5.74) is 3.31. The Labute approximate surface area is 187 Å². The Kier molecular flexibility index (Phi) is 7.85. The first-order valence-electron chi connectivity index (χ1n) is 11.4. The lowest BCUT2D eigenvalue weighted by Crippen LogP contribution is -2.59. The van der Waals surface area contributed by atoms with Crippen molar-refractivity contribution in [2.75, 3.05) is 13.3 Å². The third kappa shape index (κ3) is 5.45. The fourth-order valence-corrected chi connectivity index (χ4v) is 5.46. The van der Waals surface area contributed by atoms with E-state index < -0.39 is 12.5 Å². The van der Waals surface area contributed by atoms with Gasteiger partial charge in [0.05, 0.1) is 5.92 Å². The lowest BCUT2D eigenvalue weighted by atomic mass is 9.53. The third-order valence-corrected chi connectivity index (χ3v) is 7.19. The molecule has 3 aliphatic rings. The first kappa shape index (κ1) is 24.6. The zero-order chi connectivity index (χ0) is 23.4. The Bertz CT molecular complexity index is 809. The van der Waals surface area contributed by atoms with Crippen LogP contribution in [-0.4, -0.2) is 37.8 Å². The summed E-state index contributed by atoms with van der Waals surface area (Å²) in [6.45, 7) is 5.00. The molecule has 1 aliphatic heterocycles. The van der Waals surface area contributed by atoms with Crippen molar-refractivity contribution in [2.24, 2.45) is 11.8 Å². The number of hydrogen-bond acceptors (Lipinski definition) is 5. The van der Waals surface area contributed by atoms with Gasteiger partial charge < -0.3 is 14.8 Å². The first-order chi connectivity index (χ1) is 15.2. The number of alkyl halides is 3. The Morgan fingerprint density at radius 3 is 2.75 bits per heavy atom. The predicted molar refractivity (Wildman–Crippen MR) is 113 cm³/mol. The number of nitrogens with one attached hydrogen (secondary N) is 1. The number of carbonyl (C=O) groups is 2. The van der Waals surface area contributed by atoms with Gasteiger partial charge in [-0.15, -0.1) is 0 Å². The van der Waals surface area contributed by atoms with Crippen molar-refractivity contribution in [1.29, 1.82) is 0 Å². The summed E-state index contributed by atoms with van der Waals surface area (Å²) in [4.78, 5) is 20.5. The normalized spacial score (nSPS) is 27.0. The Morgan fingerprint density at radius 1 is 1.31 bits per heavy atom. The molecule has 4 rings (SSSR count). The second-order valence-electron chi connectivity index (χ2n) is 9.04. The molecule has 8 heteroatoms. The van der Waals surface area contributed by atoms with E-state index in [0.29, 0.717) is 11.5 Å². The number of piperidine rings is 1. The molecule has 1 unspecified atom stereocenters. The number of carbonyl (C=O) groups excluding carboxylic acids is 2. The molecule has 0 amide bonds. The Balaban J connectivity index is 0.000000427. The van der Waals surface area contributed by atoms with E-state index in [-0.39, 0.29) is 18.7 Å². The minimum Gasteiger partial charge on any atom is -0.457 e. The molecule has 1 saturated heterocycles. The number of aldehydes is 1. The third-order valence-electron chi connectivity index (χ3n) is 7.19. The zero-order valence-electron chi connectivity index (χ0n) is 18.7. The number of fused-ring (bicyclic) bond motifs is 1. The summed E-state index contributed by atoms with van der Waals surface area (Å²) < 4.78 is 42.3. The van der Waals surface area contributed by atoms with Gasteiger partial charge in [0, 0.05) is 11.5 Å². The summed E-state index contributed by atoms with van der Waals surface area (Å²) in [5, 5.41) is 3.77. The van der Waals surface area contributed by atoms with E-state index in [1.54, 1.807) is 0 Å². The maximum atomic E-state index is 11.8. The summed E-state index contributed by atoms with van der Waals surface area (Å²) in [6.07, 6.45) is 2.79. The number of halogens is 3. The van der Waals surface area contributed by atoms with Crippen LogP contribution < -0.4 is 10.1 Å². The average molecular weight is 456 g/mol. The van der Waals surface area contributed by atoms with Crippen LogP contribution in [0.2, 0.25) is 0 Å². The number of esters is 1. The number of ether oxygens (including phenoxy) is 2. The van der Waals surface area contributed by atoms with Gasteiger partial charge in [-0.05, 0) is 67.8 Å². The Hall–Kier alpha value is -2.09. The van der Waals surface area contributed by atoms with Crippen LogP contribution in [0.25, 0.3) is 0 Å². The van der Waals surface area contributed by atoms with E-state index >= 15 is 0 Å². The van der Waals surface area contributed by atoms with Crippen LogP contribution in [0.4, 0.5) is 13.2 Å². The van der Waals surface area contributed by atoms with Crippen molar-refractivity contribution in [3.05, 3.63) is 29.3 Å². The molecule has 0 aromatic heterocycles. The maximum absolute atomic E-state index is 11.8. The second-order valence-corrected chi connectivity index (χ2v) is 9.04. The minimum atomic E-state index is -4.64. The van der Waals surface area contributed by atoms with Crippen molar-refractivity contribution in [2.45, 2.75) is 76.4 Å². The molecule has 2 aliphatic carbocycles. The van der Waals surface area contributed by atoms with Gasteiger partial charge in [-0.2, -0.15) is 13.2 Å². The molecule has 1 aromatic rings. The lowest BCUT2D eigenvalue weighted by molar-refractivity contribution is -0.156. The van der Waals surface area contributed by atoms with Gasteiger partial charge >= 0.3 is 12.1 Å². The van der Waals surface area contributed by atoms with Crippen LogP contribution in [0, 0.1) is 11.8 Å². The summed E-state index contributed by atoms with van der Waals surface area (Å²) in [6, 6.07) is 7.14. The molecule has 4 atom stereocenters. The largest absolute Gasteiger partial charge is 0.457 e. The van der Waals surface area contributed by atoms with Gasteiger partial charge in [0.25, 0.3) is 0 Å². The smallest absolute Gasteiger partial charge is 0.446 e. The standard InChI is InChI=1S/C22H31NO3.C2HF3O/c1-3-15(2)21(24)26-14-25-17-8-7-16-12-20-18-6-4-5-9-22(18,10-11-23-20)19(16)13-17;3-2(4,5)1-6/h7-8,13,15,18,20,23H,3-6,9-12,14H2,1-2H3;1H/t15?,18-,20+,22+;/m1./s1. The second kappa shape index (κ2) is 10.2. The lowest BCUT2D eigenvalue weighted by Gasteiger charge is -2.56. The first-order valence-corrected chi connectivity index (χ1v) is 11.4.